The highest BCUT2D eigenvalue weighted by Gasteiger charge is 2.34. The highest BCUT2D eigenvalue weighted by molar-refractivity contribution is 5.94. The third-order valence-corrected chi connectivity index (χ3v) is 5.14. The Hall–Kier alpha value is -2.37. The number of rotatable bonds is 6. The molecule has 1 aromatic carbocycles. The van der Waals surface area contributed by atoms with Gasteiger partial charge < -0.3 is 15.7 Å². The first kappa shape index (κ1) is 17.5. The summed E-state index contributed by atoms with van der Waals surface area (Å²) in [5.74, 6) is -1.28. The number of hydrogen-bond donors (Lipinski definition) is 3. The molecule has 3 atom stereocenters. The minimum Gasteiger partial charge on any atom is -0.481 e. The fourth-order valence-electron chi connectivity index (χ4n) is 3.30. The normalized spacial score (nSPS) is 23.7. The van der Waals surface area contributed by atoms with Crippen LogP contribution in [0.3, 0.4) is 0 Å². The minimum absolute atomic E-state index is 0.0725. The number of anilines is 1. The number of hydrogen-bond acceptors (Lipinski definition) is 3. The zero-order valence-electron chi connectivity index (χ0n) is 14.3. The molecule has 0 spiro atoms. The number of carbonyl (C=O) groups is 3. The number of aliphatic carboxylic acids is 1. The van der Waals surface area contributed by atoms with E-state index in [1.807, 2.05) is 31.2 Å². The first-order valence-electron chi connectivity index (χ1n) is 8.88. The lowest BCUT2D eigenvalue weighted by Gasteiger charge is -2.18. The lowest BCUT2D eigenvalue weighted by Crippen LogP contribution is -2.32. The second kappa shape index (κ2) is 7.25. The molecule has 6 heteroatoms. The van der Waals surface area contributed by atoms with E-state index in [-0.39, 0.29) is 29.7 Å². The van der Waals surface area contributed by atoms with E-state index in [4.69, 9.17) is 5.11 Å². The zero-order chi connectivity index (χ0) is 18.0. The van der Waals surface area contributed by atoms with Gasteiger partial charge >= 0.3 is 5.97 Å². The van der Waals surface area contributed by atoms with Crippen molar-refractivity contribution in [3.8, 4) is 0 Å². The van der Waals surface area contributed by atoms with Gasteiger partial charge in [0.15, 0.2) is 0 Å². The molecular formula is C19H24N2O4. The average molecular weight is 344 g/mol. The molecule has 3 N–H and O–H groups in total. The largest absolute Gasteiger partial charge is 0.481 e. The predicted molar refractivity (Wildman–Crippen MR) is 92.8 cm³/mol. The number of nitrogens with one attached hydrogen (secondary N) is 2. The van der Waals surface area contributed by atoms with Crippen LogP contribution in [0, 0.1) is 17.8 Å². The van der Waals surface area contributed by atoms with Crippen LogP contribution in [0.1, 0.15) is 50.6 Å². The van der Waals surface area contributed by atoms with Gasteiger partial charge in [-0.05, 0) is 56.7 Å². The van der Waals surface area contributed by atoms with Crippen molar-refractivity contribution < 1.29 is 19.5 Å². The van der Waals surface area contributed by atoms with Crippen molar-refractivity contribution >= 4 is 23.5 Å². The van der Waals surface area contributed by atoms with Gasteiger partial charge in [-0.3, -0.25) is 14.4 Å². The van der Waals surface area contributed by atoms with Crippen molar-refractivity contribution in [2.24, 2.45) is 17.8 Å². The molecule has 6 nitrogen and oxygen atoms in total. The van der Waals surface area contributed by atoms with E-state index in [1.165, 1.54) is 0 Å². The summed E-state index contributed by atoms with van der Waals surface area (Å²) in [5, 5.41) is 14.9. The van der Waals surface area contributed by atoms with E-state index in [2.05, 4.69) is 10.6 Å². The Bertz CT molecular complexity index is 667. The molecule has 0 saturated heterocycles. The summed E-state index contributed by atoms with van der Waals surface area (Å²) < 4.78 is 0. The summed E-state index contributed by atoms with van der Waals surface area (Å²) in [7, 11) is 0. The van der Waals surface area contributed by atoms with Gasteiger partial charge in [0.2, 0.25) is 11.8 Å². The Labute approximate surface area is 147 Å². The Kier molecular flexibility index (Phi) is 5.06. The molecule has 0 bridgehead atoms. The van der Waals surface area contributed by atoms with Crippen LogP contribution in [0.5, 0.6) is 0 Å². The second-order valence-electron chi connectivity index (χ2n) is 7.16. The molecule has 0 aromatic heterocycles. The Morgan fingerprint density at radius 2 is 1.56 bits per heavy atom. The topological polar surface area (TPSA) is 95.5 Å². The molecule has 0 aliphatic heterocycles. The van der Waals surface area contributed by atoms with Crippen molar-refractivity contribution in [1.82, 2.24) is 5.32 Å². The summed E-state index contributed by atoms with van der Waals surface area (Å²) in [5.41, 5.74) is 1.71. The molecule has 134 valence electrons. The van der Waals surface area contributed by atoms with E-state index in [1.54, 1.807) is 0 Å². The van der Waals surface area contributed by atoms with Crippen LogP contribution in [0.2, 0.25) is 0 Å². The van der Waals surface area contributed by atoms with Crippen LogP contribution in [-0.4, -0.2) is 22.9 Å². The maximum atomic E-state index is 12.3. The van der Waals surface area contributed by atoms with E-state index in [0.29, 0.717) is 19.3 Å². The third-order valence-electron chi connectivity index (χ3n) is 5.14. The summed E-state index contributed by atoms with van der Waals surface area (Å²) in [6.45, 7) is 1.90. The number of benzene rings is 1. The van der Waals surface area contributed by atoms with Gasteiger partial charge in [0.05, 0.1) is 12.0 Å². The van der Waals surface area contributed by atoms with Crippen molar-refractivity contribution in [2.45, 2.75) is 45.1 Å². The molecule has 0 radical (unpaired) electrons. The number of carboxylic acids is 1. The van der Waals surface area contributed by atoms with E-state index >= 15 is 0 Å². The van der Waals surface area contributed by atoms with Crippen LogP contribution in [0.15, 0.2) is 24.3 Å². The molecule has 2 amide bonds. The maximum absolute atomic E-state index is 12.3. The van der Waals surface area contributed by atoms with Crippen LogP contribution in [0.4, 0.5) is 5.69 Å². The van der Waals surface area contributed by atoms with Gasteiger partial charge in [-0.1, -0.05) is 12.1 Å². The van der Waals surface area contributed by atoms with E-state index in [0.717, 1.165) is 24.1 Å². The summed E-state index contributed by atoms with van der Waals surface area (Å²) in [6, 6.07) is 7.30. The monoisotopic (exact) mass is 344 g/mol. The first-order valence-corrected chi connectivity index (χ1v) is 8.88. The molecule has 1 unspecified atom stereocenters. The quantitative estimate of drug-likeness (QED) is 0.739. The predicted octanol–water partition coefficient (Wildman–Crippen LogP) is 2.71. The summed E-state index contributed by atoms with van der Waals surface area (Å²) in [4.78, 5) is 35.1. The first-order chi connectivity index (χ1) is 11.9. The van der Waals surface area contributed by atoms with Gasteiger partial charge in [0.1, 0.15) is 0 Å². The summed E-state index contributed by atoms with van der Waals surface area (Å²) >= 11 is 0. The molecule has 25 heavy (non-hydrogen) atoms. The molecule has 2 fully saturated rings. The highest BCUT2D eigenvalue weighted by atomic mass is 16.4. The highest BCUT2D eigenvalue weighted by Crippen LogP contribution is 2.32. The summed E-state index contributed by atoms with van der Waals surface area (Å²) in [6.07, 6.45) is 3.55. The second-order valence-corrected chi connectivity index (χ2v) is 7.16. The lowest BCUT2D eigenvalue weighted by molar-refractivity contribution is -0.141. The standard InChI is InChI=1S/C19H24N2O4/c1-11(20-18(23)14-4-5-15(10-14)19(24)25)12-6-8-16(9-7-12)21-17(22)13-2-3-13/h6-9,11,13-15H,2-5,10H2,1H3,(H,20,23)(H,21,22)(H,24,25)/t11?,14-,15+/m1/s1. The van der Waals surface area contributed by atoms with Gasteiger partial charge in [-0.2, -0.15) is 0 Å². The van der Waals surface area contributed by atoms with Crippen molar-refractivity contribution in [1.29, 1.82) is 0 Å². The average Bonchev–Trinajstić information content (AvgIpc) is 3.31. The van der Waals surface area contributed by atoms with E-state index in [9.17, 15) is 14.4 Å². The fourth-order valence-corrected chi connectivity index (χ4v) is 3.30. The number of amides is 2. The SMILES string of the molecule is CC(NC(=O)[C@@H]1CC[C@H](C(=O)O)C1)c1ccc(NC(=O)C2CC2)cc1. The van der Waals surface area contributed by atoms with E-state index < -0.39 is 11.9 Å². The van der Waals surface area contributed by atoms with Gasteiger partial charge in [-0.15, -0.1) is 0 Å². The Morgan fingerprint density at radius 3 is 2.12 bits per heavy atom. The number of carboxylic acid groups (broad SMARTS) is 1. The zero-order valence-corrected chi connectivity index (χ0v) is 14.3. The van der Waals surface area contributed by atoms with Gasteiger partial charge in [0, 0.05) is 17.5 Å². The third kappa shape index (κ3) is 4.38. The minimum atomic E-state index is -0.813. The molecule has 2 aliphatic rings. The Balaban J connectivity index is 1.52. The van der Waals surface area contributed by atoms with Crippen molar-refractivity contribution in [2.75, 3.05) is 5.32 Å². The maximum Gasteiger partial charge on any atom is 0.306 e. The number of carbonyl (C=O) groups excluding carboxylic acids is 2. The smallest absolute Gasteiger partial charge is 0.306 e. The van der Waals surface area contributed by atoms with Crippen LogP contribution in [0.25, 0.3) is 0 Å². The van der Waals surface area contributed by atoms with Crippen molar-refractivity contribution in [3.05, 3.63) is 29.8 Å². The molecule has 0 heterocycles. The molecule has 2 saturated carbocycles. The molecule has 2 aliphatic carbocycles. The fraction of sp³-hybridized carbons (Fsp3) is 0.526. The molecule has 3 rings (SSSR count). The lowest BCUT2D eigenvalue weighted by atomic mass is 10.0. The molecule has 1 aromatic rings. The van der Waals surface area contributed by atoms with Crippen molar-refractivity contribution in [3.63, 3.8) is 0 Å². The van der Waals surface area contributed by atoms with Crippen LogP contribution < -0.4 is 10.6 Å². The van der Waals surface area contributed by atoms with Gasteiger partial charge in [-0.25, -0.2) is 0 Å². The van der Waals surface area contributed by atoms with Crippen LogP contribution >= 0.6 is 0 Å². The van der Waals surface area contributed by atoms with Crippen LogP contribution in [-0.2, 0) is 14.4 Å². The molecular weight excluding hydrogens is 320 g/mol. The van der Waals surface area contributed by atoms with Gasteiger partial charge in [0.25, 0.3) is 0 Å². The Morgan fingerprint density at radius 1 is 0.960 bits per heavy atom.